The highest BCUT2D eigenvalue weighted by Gasteiger charge is 2.26. The Hall–Kier alpha value is -3.28. The molecule has 6 heteroatoms. The van der Waals surface area contributed by atoms with E-state index in [0.717, 1.165) is 22.9 Å². The molecular formula is C20H19N5O. The van der Waals surface area contributed by atoms with E-state index < -0.39 is 0 Å². The Bertz CT molecular complexity index is 892. The van der Waals surface area contributed by atoms with Gasteiger partial charge in [0, 0.05) is 36.7 Å². The summed E-state index contributed by atoms with van der Waals surface area (Å²) in [5, 5.41) is 6.19. The number of benzene rings is 1. The minimum absolute atomic E-state index is 0.169. The highest BCUT2D eigenvalue weighted by Crippen LogP contribution is 2.38. The summed E-state index contributed by atoms with van der Waals surface area (Å²) in [5.41, 5.74) is 2.39. The average Bonchev–Trinajstić information content (AvgIpc) is 3.54. The highest BCUT2D eigenvalue weighted by molar-refractivity contribution is 6.03. The molecule has 26 heavy (non-hydrogen) atoms. The lowest BCUT2D eigenvalue weighted by Crippen LogP contribution is -2.12. The first-order valence-electron chi connectivity index (χ1n) is 8.65. The van der Waals surface area contributed by atoms with Crippen molar-refractivity contribution < 1.29 is 4.79 Å². The second kappa shape index (κ2) is 7.31. The lowest BCUT2D eigenvalue weighted by atomic mass is 10.2. The molecule has 6 nitrogen and oxygen atoms in total. The zero-order valence-corrected chi connectivity index (χ0v) is 14.2. The van der Waals surface area contributed by atoms with Gasteiger partial charge in [0.2, 0.25) is 0 Å². The van der Waals surface area contributed by atoms with E-state index in [1.54, 1.807) is 30.7 Å². The number of rotatable bonds is 6. The highest BCUT2D eigenvalue weighted by atomic mass is 16.1. The standard InChI is InChI=1S/C20H19N5O/c26-20(16-2-1-10-21-13-16)24-17-7-3-14(4-8-17)12-23-18-9-11-22-19(25-18)15-5-6-15/h1-4,7-11,13,15H,5-6,12H2,(H,24,26)(H,22,23,25). The van der Waals surface area contributed by atoms with Gasteiger partial charge < -0.3 is 10.6 Å². The molecule has 1 aliphatic rings. The van der Waals surface area contributed by atoms with Crippen LogP contribution in [-0.2, 0) is 6.54 Å². The molecule has 1 fully saturated rings. The van der Waals surface area contributed by atoms with Gasteiger partial charge in [-0.1, -0.05) is 12.1 Å². The average molecular weight is 345 g/mol. The van der Waals surface area contributed by atoms with E-state index >= 15 is 0 Å². The lowest BCUT2D eigenvalue weighted by Gasteiger charge is -2.09. The summed E-state index contributed by atoms with van der Waals surface area (Å²) in [6.45, 7) is 0.665. The van der Waals surface area contributed by atoms with Crippen molar-refractivity contribution in [2.75, 3.05) is 10.6 Å². The van der Waals surface area contributed by atoms with Gasteiger partial charge >= 0.3 is 0 Å². The topological polar surface area (TPSA) is 79.8 Å². The van der Waals surface area contributed by atoms with Crippen LogP contribution in [0.2, 0.25) is 0 Å². The molecule has 0 bridgehead atoms. The van der Waals surface area contributed by atoms with Gasteiger partial charge in [0.05, 0.1) is 5.56 Å². The number of pyridine rings is 1. The van der Waals surface area contributed by atoms with Crippen LogP contribution in [0.4, 0.5) is 11.5 Å². The molecule has 0 spiro atoms. The van der Waals surface area contributed by atoms with Crippen molar-refractivity contribution in [3.8, 4) is 0 Å². The molecule has 0 atom stereocenters. The molecule has 3 aromatic rings. The van der Waals surface area contributed by atoms with Crippen LogP contribution in [0, 0.1) is 0 Å². The van der Waals surface area contributed by atoms with Crippen molar-refractivity contribution in [1.29, 1.82) is 0 Å². The van der Waals surface area contributed by atoms with Gasteiger partial charge in [0.25, 0.3) is 5.91 Å². The molecule has 0 radical (unpaired) electrons. The van der Waals surface area contributed by atoms with Gasteiger partial charge in [-0.25, -0.2) is 9.97 Å². The van der Waals surface area contributed by atoms with E-state index in [9.17, 15) is 4.79 Å². The van der Waals surface area contributed by atoms with E-state index in [2.05, 4.69) is 25.6 Å². The quantitative estimate of drug-likeness (QED) is 0.713. The number of nitrogens with one attached hydrogen (secondary N) is 2. The van der Waals surface area contributed by atoms with Crippen molar-refractivity contribution in [3.63, 3.8) is 0 Å². The normalized spacial score (nSPS) is 13.2. The predicted octanol–water partition coefficient (Wildman–Crippen LogP) is 3.61. The largest absolute Gasteiger partial charge is 0.366 e. The Morgan fingerprint density at radius 2 is 1.92 bits per heavy atom. The van der Waals surface area contributed by atoms with Gasteiger partial charge in [-0.05, 0) is 48.7 Å². The molecule has 130 valence electrons. The van der Waals surface area contributed by atoms with Crippen molar-refractivity contribution in [2.24, 2.45) is 0 Å². The second-order valence-electron chi connectivity index (χ2n) is 6.32. The maximum Gasteiger partial charge on any atom is 0.257 e. The zero-order chi connectivity index (χ0) is 17.8. The number of anilines is 2. The van der Waals surface area contributed by atoms with Crippen LogP contribution in [-0.4, -0.2) is 20.9 Å². The first-order chi connectivity index (χ1) is 12.8. The summed E-state index contributed by atoms with van der Waals surface area (Å²) >= 11 is 0. The number of amides is 1. The summed E-state index contributed by atoms with van der Waals surface area (Å²) in [4.78, 5) is 25.0. The first-order valence-corrected chi connectivity index (χ1v) is 8.65. The van der Waals surface area contributed by atoms with Crippen LogP contribution >= 0.6 is 0 Å². The molecule has 0 saturated heterocycles. The number of carbonyl (C=O) groups excluding carboxylic acids is 1. The zero-order valence-electron chi connectivity index (χ0n) is 14.2. The lowest BCUT2D eigenvalue weighted by molar-refractivity contribution is 0.102. The van der Waals surface area contributed by atoms with Gasteiger partial charge in [-0.15, -0.1) is 0 Å². The Morgan fingerprint density at radius 1 is 1.08 bits per heavy atom. The van der Waals surface area contributed by atoms with Crippen molar-refractivity contribution >= 4 is 17.4 Å². The number of aromatic nitrogens is 3. The Labute approximate surface area is 151 Å². The van der Waals surface area contributed by atoms with Gasteiger partial charge in [0.1, 0.15) is 11.6 Å². The second-order valence-corrected chi connectivity index (χ2v) is 6.32. The number of nitrogens with zero attached hydrogens (tertiary/aromatic N) is 3. The first kappa shape index (κ1) is 16.2. The fourth-order valence-corrected chi connectivity index (χ4v) is 2.61. The molecule has 1 aromatic carbocycles. The molecule has 2 aromatic heterocycles. The van der Waals surface area contributed by atoms with E-state index in [1.165, 1.54) is 12.8 Å². The van der Waals surface area contributed by atoms with Crippen LogP contribution in [0.25, 0.3) is 0 Å². The molecule has 0 aliphatic heterocycles. The van der Waals surface area contributed by atoms with Crippen LogP contribution in [0.1, 0.15) is 40.5 Å². The third-order valence-corrected chi connectivity index (χ3v) is 4.23. The monoisotopic (exact) mass is 345 g/mol. The molecule has 2 heterocycles. The molecular weight excluding hydrogens is 326 g/mol. The van der Waals surface area contributed by atoms with Crippen LogP contribution in [0.5, 0.6) is 0 Å². The minimum Gasteiger partial charge on any atom is -0.366 e. The molecule has 1 saturated carbocycles. The van der Waals surface area contributed by atoms with Crippen molar-refractivity contribution in [3.05, 3.63) is 78.0 Å². The summed E-state index contributed by atoms with van der Waals surface area (Å²) in [6.07, 6.45) is 7.38. The fraction of sp³-hybridized carbons (Fsp3) is 0.200. The Morgan fingerprint density at radius 3 is 2.65 bits per heavy atom. The van der Waals surface area contributed by atoms with E-state index in [1.807, 2.05) is 30.3 Å². The van der Waals surface area contributed by atoms with Crippen molar-refractivity contribution in [2.45, 2.75) is 25.3 Å². The summed E-state index contributed by atoms with van der Waals surface area (Å²) < 4.78 is 0. The fourth-order valence-electron chi connectivity index (χ4n) is 2.61. The minimum atomic E-state index is -0.169. The van der Waals surface area contributed by atoms with Crippen LogP contribution in [0.3, 0.4) is 0 Å². The summed E-state index contributed by atoms with van der Waals surface area (Å²) in [5.74, 6) is 2.15. The number of hydrogen-bond acceptors (Lipinski definition) is 5. The van der Waals surface area contributed by atoms with Crippen LogP contribution < -0.4 is 10.6 Å². The molecule has 1 aliphatic carbocycles. The SMILES string of the molecule is O=C(Nc1ccc(CNc2ccnc(C3CC3)n2)cc1)c1cccnc1. The predicted molar refractivity (Wildman–Crippen MR) is 100.0 cm³/mol. The summed E-state index contributed by atoms with van der Waals surface area (Å²) in [6, 6.07) is 13.1. The van der Waals surface area contributed by atoms with Gasteiger partial charge in [-0.3, -0.25) is 9.78 Å². The Kier molecular flexibility index (Phi) is 4.55. The van der Waals surface area contributed by atoms with Crippen LogP contribution in [0.15, 0.2) is 61.1 Å². The molecule has 0 unspecified atom stereocenters. The van der Waals surface area contributed by atoms with Gasteiger partial charge in [0.15, 0.2) is 0 Å². The van der Waals surface area contributed by atoms with E-state index in [0.29, 0.717) is 18.0 Å². The number of hydrogen-bond donors (Lipinski definition) is 2. The molecule has 4 rings (SSSR count). The molecule has 2 N–H and O–H groups in total. The van der Waals surface area contributed by atoms with E-state index in [4.69, 9.17) is 0 Å². The third-order valence-electron chi connectivity index (χ3n) is 4.23. The molecule has 1 amide bonds. The number of carbonyl (C=O) groups is 1. The maximum absolute atomic E-state index is 12.1. The smallest absolute Gasteiger partial charge is 0.257 e. The van der Waals surface area contributed by atoms with Gasteiger partial charge in [-0.2, -0.15) is 0 Å². The van der Waals surface area contributed by atoms with E-state index in [-0.39, 0.29) is 5.91 Å². The summed E-state index contributed by atoms with van der Waals surface area (Å²) in [7, 11) is 0. The Balaban J connectivity index is 1.34. The third kappa shape index (κ3) is 4.03. The van der Waals surface area contributed by atoms with Crippen molar-refractivity contribution in [1.82, 2.24) is 15.0 Å². The maximum atomic E-state index is 12.1.